The van der Waals surface area contributed by atoms with Crippen molar-refractivity contribution in [2.24, 2.45) is 0 Å². The number of rotatable bonds is 7. The predicted molar refractivity (Wildman–Crippen MR) is 92.9 cm³/mol. The normalized spacial score (nSPS) is 10.9. The van der Waals surface area contributed by atoms with Crippen LogP contribution in [0.4, 0.5) is 4.39 Å². The van der Waals surface area contributed by atoms with Crippen LogP contribution in [-0.4, -0.2) is 33.2 Å². The van der Waals surface area contributed by atoms with Crippen molar-refractivity contribution in [2.45, 2.75) is 0 Å². The maximum atomic E-state index is 13.7. The molecule has 0 fully saturated rings. The van der Waals surface area contributed by atoms with Gasteiger partial charge in [0.15, 0.2) is 11.5 Å². The quantitative estimate of drug-likeness (QED) is 0.736. The van der Waals surface area contributed by atoms with Gasteiger partial charge in [0.05, 0.1) is 33.0 Å². The highest BCUT2D eigenvalue weighted by Crippen LogP contribution is 2.38. The number of ether oxygens (including phenoxy) is 3. The highest BCUT2D eigenvalue weighted by atomic mass is 19.1. The average Bonchev–Trinajstić information content (AvgIpc) is 2.67. The number of aliphatic carboxylic acids is 1. The van der Waals surface area contributed by atoms with E-state index < -0.39 is 23.4 Å². The summed E-state index contributed by atoms with van der Waals surface area (Å²) >= 11 is 0. The Hall–Kier alpha value is -3.55. The molecule has 8 heteroatoms. The second-order valence-corrected chi connectivity index (χ2v) is 5.24. The number of amides is 1. The number of hydrogen-bond acceptors (Lipinski definition) is 6. The van der Waals surface area contributed by atoms with Crippen molar-refractivity contribution in [1.29, 1.82) is 0 Å². The lowest BCUT2D eigenvalue weighted by Crippen LogP contribution is -2.35. The number of carbonyl (C=O) groups excluding carboxylic acids is 2. The van der Waals surface area contributed by atoms with Crippen LogP contribution < -0.4 is 24.6 Å². The zero-order valence-corrected chi connectivity index (χ0v) is 14.9. The van der Waals surface area contributed by atoms with Crippen molar-refractivity contribution in [3.8, 4) is 17.2 Å². The second-order valence-electron chi connectivity index (χ2n) is 5.24. The fourth-order valence-corrected chi connectivity index (χ4v) is 2.30. The highest BCUT2D eigenvalue weighted by Gasteiger charge is 2.18. The molecule has 0 radical (unpaired) electrons. The van der Waals surface area contributed by atoms with Gasteiger partial charge in [-0.05, 0) is 24.3 Å². The van der Waals surface area contributed by atoms with Crippen LogP contribution in [0, 0.1) is 5.82 Å². The van der Waals surface area contributed by atoms with E-state index in [1.807, 2.05) is 0 Å². The van der Waals surface area contributed by atoms with Crippen molar-refractivity contribution in [2.75, 3.05) is 21.3 Å². The maximum Gasteiger partial charge on any atom is 0.255 e. The lowest BCUT2D eigenvalue weighted by atomic mass is 10.1. The van der Waals surface area contributed by atoms with E-state index >= 15 is 0 Å². The molecule has 0 aliphatic carbocycles. The SMILES string of the molecule is COc1cc(C(=O)N/C(=C/c2ccccc2F)C(=O)[O-])cc(OC)c1OC. The summed E-state index contributed by atoms with van der Waals surface area (Å²) in [4.78, 5) is 23.8. The minimum absolute atomic E-state index is 0.0121. The first-order valence-corrected chi connectivity index (χ1v) is 7.70. The molecular weight excluding hydrogens is 357 g/mol. The number of hydrogen-bond donors (Lipinski definition) is 1. The molecule has 7 nitrogen and oxygen atoms in total. The summed E-state index contributed by atoms with van der Waals surface area (Å²) < 4.78 is 29.2. The minimum atomic E-state index is -1.67. The molecule has 0 spiro atoms. The molecule has 0 saturated carbocycles. The van der Waals surface area contributed by atoms with Gasteiger partial charge in [0.2, 0.25) is 5.75 Å². The molecule has 0 aliphatic heterocycles. The van der Waals surface area contributed by atoms with Gasteiger partial charge in [-0.3, -0.25) is 4.79 Å². The third kappa shape index (κ3) is 4.55. The van der Waals surface area contributed by atoms with E-state index in [9.17, 15) is 19.1 Å². The lowest BCUT2D eigenvalue weighted by molar-refractivity contribution is -0.299. The van der Waals surface area contributed by atoms with Crippen LogP contribution in [0.25, 0.3) is 6.08 Å². The molecule has 0 unspecified atom stereocenters. The van der Waals surface area contributed by atoms with Gasteiger partial charge in [-0.1, -0.05) is 18.2 Å². The zero-order valence-electron chi connectivity index (χ0n) is 14.9. The van der Waals surface area contributed by atoms with E-state index in [-0.39, 0.29) is 28.4 Å². The van der Waals surface area contributed by atoms with Gasteiger partial charge >= 0.3 is 0 Å². The molecule has 0 heterocycles. The number of carboxylic acid groups (broad SMARTS) is 1. The van der Waals surface area contributed by atoms with Crippen LogP contribution in [0.2, 0.25) is 0 Å². The van der Waals surface area contributed by atoms with Gasteiger partial charge in [0, 0.05) is 11.1 Å². The summed E-state index contributed by atoms with van der Waals surface area (Å²) in [5.41, 5.74) is -0.564. The van der Waals surface area contributed by atoms with Crippen LogP contribution in [0.1, 0.15) is 15.9 Å². The number of nitrogens with one attached hydrogen (secondary N) is 1. The zero-order chi connectivity index (χ0) is 20.0. The van der Waals surface area contributed by atoms with Crippen LogP contribution in [0.5, 0.6) is 17.2 Å². The third-order valence-corrected chi connectivity index (χ3v) is 3.60. The van der Waals surface area contributed by atoms with Crippen LogP contribution in [-0.2, 0) is 4.79 Å². The maximum absolute atomic E-state index is 13.7. The number of benzene rings is 2. The van der Waals surface area contributed by atoms with Gasteiger partial charge in [-0.25, -0.2) is 4.39 Å². The Kier molecular flexibility index (Phi) is 6.37. The first-order chi connectivity index (χ1) is 12.9. The van der Waals surface area contributed by atoms with Crippen LogP contribution in [0.3, 0.4) is 0 Å². The fraction of sp³-hybridized carbons (Fsp3) is 0.158. The van der Waals surface area contributed by atoms with E-state index in [2.05, 4.69) is 5.32 Å². The molecule has 27 heavy (non-hydrogen) atoms. The molecular formula is C19H17FNO6-. The van der Waals surface area contributed by atoms with E-state index in [1.165, 1.54) is 57.7 Å². The van der Waals surface area contributed by atoms with Crippen LogP contribution >= 0.6 is 0 Å². The van der Waals surface area contributed by atoms with Crippen molar-refractivity contribution in [1.82, 2.24) is 5.32 Å². The van der Waals surface area contributed by atoms with E-state index in [0.29, 0.717) is 0 Å². The Morgan fingerprint density at radius 3 is 2.11 bits per heavy atom. The summed E-state index contributed by atoms with van der Waals surface area (Å²) in [6.07, 6.45) is 0.973. The predicted octanol–water partition coefficient (Wildman–Crippen LogP) is 1.37. The number of halogens is 1. The summed E-state index contributed by atoms with van der Waals surface area (Å²) in [5.74, 6) is -2.37. The smallest absolute Gasteiger partial charge is 0.255 e. The van der Waals surface area contributed by atoms with Gasteiger partial charge in [0.25, 0.3) is 5.91 Å². The van der Waals surface area contributed by atoms with Crippen molar-refractivity contribution >= 4 is 18.0 Å². The van der Waals surface area contributed by atoms with Crippen molar-refractivity contribution in [3.63, 3.8) is 0 Å². The molecule has 1 amide bonds. The Morgan fingerprint density at radius 2 is 1.63 bits per heavy atom. The third-order valence-electron chi connectivity index (χ3n) is 3.60. The second kappa shape index (κ2) is 8.70. The number of methoxy groups -OCH3 is 3. The molecule has 0 bridgehead atoms. The molecule has 2 aromatic rings. The highest BCUT2D eigenvalue weighted by molar-refractivity contribution is 6.02. The minimum Gasteiger partial charge on any atom is -0.543 e. The first kappa shape index (κ1) is 19.8. The summed E-state index contributed by atoms with van der Waals surface area (Å²) in [5, 5.41) is 13.5. The Labute approximate surface area is 155 Å². The summed E-state index contributed by atoms with van der Waals surface area (Å²) in [7, 11) is 4.17. The van der Waals surface area contributed by atoms with Crippen LogP contribution in [0.15, 0.2) is 42.1 Å². The van der Waals surface area contributed by atoms with Gasteiger partial charge < -0.3 is 29.4 Å². The Bertz CT molecular complexity index is 869. The van der Waals surface area contributed by atoms with E-state index in [4.69, 9.17) is 14.2 Å². The standard InChI is InChI=1S/C19H18FNO6/c1-25-15-9-12(10-16(26-2)17(15)27-3)18(22)21-14(19(23)24)8-11-6-4-5-7-13(11)20/h4-10H,1-3H3,(H,21,22)(H,23,24)/p-1/b14-8+. The molecule has 1 N–H and O–H groups in total. The van der Waals surface area contributed by atoms with E-state index in [0.717, 1.165) is 6.08 Å². The molecule has 142 valence electrons. The van der Waals surface area contributed by atoms with Gasteiger partial charge in [-0.2, -0.15) is 0 Å². The fourth-order valence-electron chi connectivity index (χ4n) is 2.30. The number of carboxylic acids is 1. The van der Waals surface area contributed by atoms with E-state index in [1.54, 1.807) is 0 Å². The molecule has 0 saturated heterocycles. The van der Waals surface area contributed by atoms with Gasteiger partial charge in [-0.15, -0.1) is 0 Å². The molecule has 0 aromatic heterocycles. The monoisotopic (exact) mass is 374 g/mol. The van der Waals surface area contributed by atoms with Crippen molar-refractivity contribution in [3.05, 3.63) is 59.0 Å². The Balaban J connectivity index is 2.39. The lowest BCUT2D eigenvalue weighted by Gasteiger charge is -2.15. The van der Waals surface area contributed by atoms with Crippen molar-refractivity contribution < 1.29 is 33.3 Å². The summed E-state index contributed by atoms with van der Waals surface area (Å²) in [6, 6.07) is 8.23. The number of carbonyl (C=O) groups is 2. The molecule has 0 atom stereocenters. The first-order valence-electron chi connectivity index (χ1n) is 7.70. The average molecular weight is 374 g/mol. The molecule has 2 aromatic carbocycles. The molecule has 2 rings (SSSR count). The van der Waals surface area contributed by atoms with Gasteiger partial charge in [0.1, 0.15) is 5.82 Å². The molecule has 0 aliphatic rings. The summed E-state index contributed by atoms with van der Waals surface area (Å²) in [6.45, 7) is 0. The topological polar surface area (TPSA) is 96.9 Å². The Morgan fingerprint density at radius 1 is 1.04 bits per heavy atom. The largest absolute Gasteiger partial charge is 0.543 e.